The third kappa shape index (κ3) is 13.8. The van der Waals surface area contributed by atoms with Crippen molar-refractivity contribution in [1.82, 2.24) is 0 Å². The molecule has 1 aliphatic heterocycles. The lowest BCUT2D eigenvalue weighted by Gasteiger charge is -2.25. The van der Waals surface area contributed by atoms with Gasteiger partial charge in [0.05, 0.1) is 26.9 Å². The lowest BCUT2D eigenvalue weighted by Crippen LogP contribution is -2.29. The van der Waals surface area contributed by atoms with E-state index in [4.69, 9.17) is 19.9 Å². The van der Waals surface area contributed by atoms with Crippen molar-refractivity contribution in [2.45, 2.75) is 64.6 Å². The fourth-order valence-electron chi connectivity index (χ4n) is 3.18. The minimum absolute atomic E-state index is 0.103. The topological polar surface area (TPSA) is 97.1 Å². The van der Waals surface area contributed by atoms with E-state index >= 15 is 0 Å². The predicted octanol–water partition coefficient (Wildman–Crippen LogP) is 4.12. The quantitative estimate of drug-likeness (QED) is 0.299. The number of hydrogen-bond donors (Lipinski definition) is 1. The van der Waals surface area contributed by atoms with E-state index < -0.39 is 6.09 Å². The summed E-state index contributed by atoms with van der Waals surface area (Å²) in [6, 6.07) is 0. The second-order valence-electron chi connectivity index (χ2n) is 6.88. The van der Waals surface area contributed by atoms with Gasteiger partial charge in [-0.05, 0) is 45.4 Å². The van der Waals surface area contributed by atoms with Crippen LogP contribution >= 0.6 is 0 Å². The monoisotopic (exact) mass is 423 g/mol. The Morgan fingerprint density at radius 2 is 1.90 bits per heavy atom. The summed E-state index contributed by atoms with van der Waals surface area (Å²) in [5, 5.41) is 0. The highest BCUT2D eigenvalue weighted by Gasteiger charge is 2.38. The number of carbonyl (C=O) groups excluding carboxylic acids is 2. The van der Waals surface area contributed by atoms with Gasteiger partial charge in [0.25, 0.3) is 0 Å². The molecule has 2 N–H and O–H groups in total. The van der Waals surface area contributed by atoms with Crippen molar-refractivity contribution < 1.29 is 28.5 Å². The molecule has 0 bridgehead atoms. The van der Waals surface area contributed by atoms with Gasteiger partial charge in [0.15, 0.2) is 5.79 Å². The van der Waals surface area contributed by atoms with Crippen LogP contribution in [0.4, 0.5) is 4.79 Å². The van der Waals surface area contributed by atoms with Crippen LogP contribution in [0.2, 0.25) is 0 Å². The lowest BCUT2D eigenvalue weighted by atomic mass is 9.96. The van der Waals surface area contributed by atoms with Crippen molar-refractivity contribution in [3.05, 3.63) is 24.3 Å². The molecule has 2 fully saturated rings. The number of methoxy groups -OCH3 is 1. The first-order valence-corrected chi connectivity index (χ1v) is 10.3. The first kappa shape index (κ1) is 27.7. The molecule has 0 aromatic rings. The van der Waals surface area contributed by atoms with Crippen LogP contribution in [0.1, 0.15) is 58.8 Å². The molecular formula is C23H37NO6. The molecule has 1 saturated heterocycles. The number of hydrogen-bond acceptors (Lipinski definition) is 6. The average molecular weight is 424 g/mol. The van der Waals surface area contributed by atoms with Crippen LogP contribution in [0.25, 0.3) is 0 Å². The highest BCUT2D eigenvalue weighted by atomic mass is 16.7. The summed E-state index contributed by atoms with van der Waals surface area (Å²) in [6.07, 6.45) is 17.8. The van der Waals surface area contributed by atoms with Crippen molar-refractivity contribution in [3.8, 4) is 12.3 Å². The van der Waals surface area contributed by atoms with Gasteiger partial charge in [-0.3, -0.25) is 4.79 Å². The van der Waals surface area contributed by atoms with Crippen LogP contribution in [0.5, 0.6) is 0 Å². The number of primary amides is 1. The van der Waals surface area contributed by atoms with E-state index in [2.05, 4.69) is 17.1 Å². The van der Waals surface area contributed by atoms with E-state index in [0.29, 0.717) is 38.6 Å². The van der Waals surface area contributed by atoms with E-state index in [-0.39, 0.29) is 11.8 Å². The molecule has 0 aromatic heterocycles. The summed E-state index contributed by atoms with van der Waals surface area (Å²) >= 11 is 0. The van der Waals surface area contributed by atoms with Gasteiger partial charge in [-0.1, -0.05) is 24.3 Å². The van der Waals surface area contributed by atoms with Gasteiger partial charge in [0, 0.05) is 19.3 Å². The zero-order chi connectivity index (χ0) is 22.7. The second kappa shape index (κ2) is 17.5. The van der Waals surface area contributed by atoms with Gasteiger partial charge < -0.3 is 24.7 Å². The molecule has 0 radical (unpaired) electrons. The van der Waals surface area contributed by atoms with Gasteiger partial charge in [0.2, 0.25) is 0 Å². The minimum atomic E-state index is -0.718. The van der Waals surface area contributed by atoms with Crippen molar-refractivity contribution in [2.75, 3.05) is 26.9 Å². The van der Waals surface area contributed by atoms with Gasteiger partial charge in [-0.25, -0.2) is 4.79 Å². The SMILES string of the molecule is C#CC.C/C=C\C=C/CCOC(N)=O.COC(=O)CC1CCCC2(CC1)OCCO2. The molecule has 1 amide bonds. The van der Waals surface area contributed by atoms with E-state index in [1.54, 1.807) is 6.92 Å². The number of amides is 1. The van der Waals surface area contributed by atoms with Gasteiger partial charge >= 0.3 is 12.1 Å². The molecule has 2 rings (SSSR count). The highest BCUT2D eigenvalue weighted by molar-refractivity contribution is 5.69. The minimum Gasteiger partial charge on any atom is -0.469 e. The van der Waals surface area contributed by atoms with Crippen LogP contribution in [-0.2, 0) is 23.7 Å². The van der Waals surface area contributed by atoms with Crippen LogP contribution in [0.3, 0.4) is 0 Å². The molecule has 1 saturated carbocycles. The fourth-order valence-corrected chi connectivity index (χ4v) is 3.18. The maximum absolute atomic E-state index is 11.2. The van der Waals surface area contributed by atoms with Crippen molar-refractivity contribution in [3.63, 3.8) is 0 Å². The second-order valence-corrected chi connectivity index (χ2v) is 6.88. The van der Waals surface area contributed by atoms with Crippen molar-refractivity contribution >= 4 is 12.1 Å². The summed E-state index contributed by atoms with van der Waals surface area (Å²) in [5.74, 6) is 2.25. The largest absolute Gasteiger partial charge is 0.469 e. The average Bonchev–Trinajstić information content (AvgIpc) is 3.09. The Morgan fingerprint density at radius 1 is 1.23 bits per heavy atom. The summed E-state index contributed by atoms with van der Waals surface area (Å²) in [7, 11) is 1.45. The highest BCUT2D eigenvalue weighted by Crippen LogP contribution is 2.37. The first-order valence-electron chi connectivity index (χ1n) is 10.3. The Kier molecular flexibility index (Phi) is 16.2. The first-order chi connectivity index (χ1) is 14.4. The molecule has 1 aliphatic carbocycles. The number of esters is 1. The van der Waals surface area contributed by atoms with Crippen LogP contribution in [0, 0.1) is 18.3 Å². The number of allylic oxidation sites excluding steroid dienone is 3. The standard InChI is InChI=1S/C12H20O4.C8H13NO2.C3H4/c1-14-11(13)9-10-3-2-5-12(6-4-10)15-7-8-16-12;1-2-3-4-5-6-7-11-8(9)10;1-3-2/h10H,2-9H2,1H3;2-5H,6-7H2,1H3,(H2,9,10);1H,2H3/b;3-2-,5-4-;. The molecule has 1 atom stereocenters. The Hall–Kier alpha value is -2.30. The Morgan fingerprint density at radius 3 is 2.47 bits per heavy atom. The Balaban J connectivity index is 0.000000526. The maximum Gasteiger partial charge on any atom is 0.404 e. The molecule has 1 heterocycles. The molecule has 1 unspecified atom stereocenters. The number of nitrogens with two attached hydrogens (primary N) is 1. The van der Waals surface area contributed by atoms with Crippen molar-refractivity contribution in [1.29, 1.82) is 0 Å². The number of terminal acetylenes is 1. The fraction of sp³-hybridized carbons (Fsp3) is 0.652. The zero-order valence-corrected chi connectivity index (χ0v) is 18.6. The number of rotatable bonds is 6. The van der Waals surface area contributed by atoms with Crippen LogP contribution in [-0.4, -0.2) is 44.8 Å². The van der Waals surface area contributed by atoms with E-state index in [0.717, 1.165) is 32.1 Å². The van der Waals surface area contributed by atoms with Crippen LogP contribution in [0.15, 0.2) is 24.3 Å². The molecule has 2 aliphatic rings. The normalized spacial score (nSPS) is 19.7. The molecule has 7 nitrogen and oxygen atoms in total. The molecule has 0 aromatic carbocycles. The molecule has 170 valence electrons. The molecule has 30 heavy (non-hydrogen) atoms. The van der Waals surface area contributed by atoms with Crippen molar-refractivity contribution in [2.24, 2.45) is 11.7 Å². The number of ether oxygens (including phenoxy) is 4. The molecule has 1 spiro atoms. The van der Waals surface area contributed by atoms with E-state index in [9.17, 15) is 9.59 Å². The Bertz CT molecular complexity index is 573. The van der Waals surface area contributed by atoms with E-state index in [1.807, 2.05) is 31.2 Å². The molecular weight excluding hydrogens is 386 g/mol. The van der Waals surface area contributed by atoms with E-state index in [1.165, 1.54) is 7.11 Å². The smallest absolute Gasteiger partial charge is 0.404 e. The van der Waals surface area contributed by atoms with Gasteiger partial charge in [-0.2, -0.15) is 0 Å². The van der Waals surface area contributed by atoms with Gasteiger partial charge in [-0.15, -0.1) is 12.3 Å². The summed E-state index contributed by atoms with van der Waals surface area (Å²) in [6.45, 7) is 5.36. The third-order valence-electron chi connectivity index (χ3n) is 4.57. The summed E-state index contributed by atoms with van der Waals surface area (Å²) in [5.41, 5.74) is 4.73. The Labute approximate surface area is 181 Å². The number of carbonyl (C=O) groups is 2. The zero-order valence-electron chi connectivity index (χ0n) is 18.6. The molecule has 7 heteroatoms. The summed E-state index contributed by atoms with van der Waals surface area (Å²) < 4.78 is 20.6. The third-order valence-corrected chi connectivity index (χ3v) is 4.57. The maximum atomic E-state index is 11.2. The van der Waals surface area contributed by atoms with Gasteiger partial charge in [0.1, 0.15) is 0 Å². The lowest BCUT2D eigenvalue weighted by molar-refractivity contribution is -0.165. The van der Waals surface area contributed by atoms with Crippen LogP contribution < -0.4 is 5.73 Å². The summed E-state index contributed by atoms with van der Waals surface area (Å²) in [4.78, 5) is 21.3. The predicted molar refractivity (Wildman–Crippen MR) is 116 cm³/mol.